The first-order chi connectivity index (χ1) is 13.1. The van der Waals surface area contributed by atoms with Gasteiger partial charge < -0.3 is 14.4 Å². The van der Waals surface area contributed by atoms with Crippen molar-refractivity contribution in [2.45, 2.75) is 26.0 Å². The number of carbonyl (C=O) groups is 2. The summed E-state index contributed by atoms with van der Waals surface area (Å²) in [4.78, 5) is 26.2. The molecule has 6 nitrogen and oxygen atoms in total. The lowest BCUT2D eigenvalue weighted by Gasteiger charge is -2.30. The summed E-state index contributed by atoms with van der Waals surface area (Å²) in [5.74, 6) is -0.369. The van der Waals surface area contributed by atoms with E-state index in [0.717, 1.165) is 12.0 Å². The quantitative estimate of drug-likeness (QED) is 0.762. The highest BCUT2D eigenvalue weighted by atomic mass is 16.6. The Morgan fingerprint density at radius 2 is 1.85 bits per heavy atom. The minimum Gasteiger partial charge on any atom is -0.482 e. The number of nitriles is 1. The van der Waals surface area contributed by atoms with E-state index in [4.69, 9.17) is 14.7 Å². The monoisotopic (exact) mass is 364 g/mol. The number of carbonyl (C=O) groups excluding carboxylic acids is 2. The van der Waals surface area contributed by atoms with E-state index in [1.54, 1.807) is 36.1 Å². The number of fused-ring (bicyclic) bond motifs is 1. The molecule has 0 N–H and O–H groups in total. The molecular weight excluding hydrogens is 344 g/mol. The topological polar surface area (TPSA) is 79.6 Å². The summed E-state index contributed by atoms with van der Waals surface area (Å²) >= 11 is 0. The molecule has 0 saturated heterocycles. The standard InChI is InChI=1S/C21H20N2O4/c1-15(21(25)23-11-10-17-4-2-3-5-18(17)13-23)27-20(24)14-26-19-8-6-16(12-22)7-9-19/h2-9,15H,10-11,13-14H2,1H3/t15-/m1/s1. The number of hydrogen-bond donors (Lipinski definition) is 0. The molecule has 1 aliphatic rings. The van der Waals surface area contributed by atoms with Crippen LogP contribution in [-0.2, 0) is 27.3 Å². The smallest absolute Gasteiger partial charge is 0.344 e. The summed E-state index contributed by atoms with van der Waals surface area (Å²) in [5, 5.41) is 8.76. The van der Waals surface area contributed by atoms with Crippen molar-refractivity contribution in [1.82, 2.24) is 4.90 Å². The zero-order valence-corrected chi connectivity index (χ0v) is 15.1. The van der Waals surface area contributed by atoms with Crippen molar-refractivity contribution in [3.8, 4) is 11.8 Å². The maximum atomic E-state index is 12.6. The number of benzene rings is 2. The summed E-state index contributed by atoms with van der Waals surface area (Å²) in [7, 11) is 0. The second-order valence-corrected chi connectivity index (χ2v) is 6.34. The Hall–Kier alpha value is -3.33. The molecular formula is C21H20N2O4. The lowest BCUT2D eigenvalue weighted by molar-refractivity contribution is -0.161. The molecule has 0 aromatic heterocycles. The Morgan fingerprint density at radius 1 is 1.15 bits per heavy atom. The molecule has 0 spiro atoms. The van der Waals surface area contributed by atoms with Crippen LogP contribution in [0.5, 0.6) is 5.75 Å². The van der Waals surface area contributed by atoms with Gasteiger partial charge in [0.25, 0.3) is 5.91 Å². The van der Waals surface area contributed by atoms with Crippen LogP contribution >= 0.6 is 0 Å². The molecule has 0 fully saturated rings. The Balaban J connectivity index is 1.49. The molecule has 138 valence electrons. The van der Waals surface area contributed by atoms with Gasteiger partial charge in [0.15, 0.2) is 12.7 Å². The molecule has 3 rings (SSSR count). The van der Waals surface area contributed by atoms with E-state index >= 15 is 0 Å². The van der Waals surface area contributed by atoms with Crippen molar-refractivity contribution in [2.24, 2.45) is 0 Å². The maximum Gasteiger partial charge on any atom is 0.344 e. The maximum absolute atomic E-state index is 12.6. The van der Waals surface area contributed by atoms with Crippen molar-refractivity contribution < 1.29 is 19.1 Å². The highest BCUT2D eigenvalue weighted by Gasteiger charge is 2.26. The van der Waals surface area contributed by atoms with Gasteiger partial charge in [-0.1, -0.05) is 24.3 Å². The third kappa shape index (κ3) is 4.64. The van der Waals surface area contributed by atoms with E-state index in [1.165, 1.54) is 5.56 Å². The molecule has 0 unspecified atom stereocenters. The number of nitrogens with zero attached hydrogens (tertiary/aromatic N) is 2. The average Bonchev–Trinajstić information content (AvgIpc) is 2.71. The van der Waals surface area contributed by atoms with Crippen LogP contribution in [0.4, 0.5) is 0 Å². The Kier molecular flexibility index (Phi) is 5.72. The molecule has 1 heterocycles. The molecule has 0 aliphatic carbocycles. The van der Waals surface area contributed by atoms with E-state index in [9.17, 15) is 9.59 Å². The first-order valence-corrected chi connectivity index (χ1v) is 8.75. The molecule has 2 aromatic carbocycles. The van der Waals surface area contributed by atoms with Gasteiger partial charge in [0, 0.05) is 13.1 Å². The van der Waals surface area contributed by atoms with Crippen molar-refractivity contribution in [3.63, 3.8) is 0 Å². The van der Waals surface area contributed by atoms with Crippen LogP contribution in [0.1, 0.15) is 23.6 Å². The van der Waals surface area contributed by atoms with E-state index in [2.05, 4.69) is 6.07 Å². The minimum absolute atomic E-state index is 0.212. The first-order valence-electron chi connectivity index (χ1n) is 8.75. The van der Waals surface area contributed by atoms with Gasteiger partial charge in [0.1, 0.15) is 5.75 Å². The fraction of sp³-hybridized carbons (Fsp3) is 0.286. The molecule has 2 aromatic rings. The number of rotatable bonds is 5. The molecule has 0 bridgehead atoms. The SMILES string of the molecule is C[C@@H](OC(=O)COc1ccc(C#N)cc1)C(=O)N1CCc2ccccc2C1. The number of esters is 1. The zero-order valence-electron chi connectivity index (χ0n) is 15.1. The summed E-state index contributed by atoms with van der Waals surface area (Å²) in [6.45, 7) is 2.41. The van der Waals surface area contributed by atoms with Crippen LogP contribution in [-0.4, -0.2) is 36.0 Å². The third-order valence-corrected chi connectivity index (χ3v) is 4.44. The van der Waals surface area contributed by atoms with Crippen LogP contribution in [0.2, 0.25) is 0 Å². The molecule has 1 aliphatic heterocycles. The van der Waals surface area contributed by atoms with Crippen molar-refractivity contribution in [2.75, 3.05) is 13.2 Å². The average molecular weight is 364 g/mol. The second-order valence-electron chi connectivity index (χ2n) is 6.34. The summed E-state index contributed by atoms with van der Waals surface area (Å²) in [5.41, 5.74) is 2.88. The van der Waals surface area contributed by atoms with Gasteiger partial charge in [-0.15, -0.1) is 0 Å². The predicted molar refractivity (Wildman–Crippen MR) is 97.8 cm³/mol. The van der Waals surface area contributed by atoms with E-state index in [1.807, 2.05) is 24.3 Å². The fourth-order valence-corrected chi connectivity index (χ4v) is 2.99. The van der Waals surface area contributed by atoms with Gasteiger partial charge >= 0.3 is 5.97 Å². The van der Waals surface area contributed by atoms with Gasteiger partial charge in [-0.3, -0.25) is 4.79 Å². The fourth-order valence-electron chi connectivity index (χ4n) is 2.99. The number of hydrogen-bond acceptors (Lipinski definition) is 5. The van der Waals surface area contributed by atoms with E-state index in [0.29, 0.717) is 24.4 Å². The lowest BCUT2D eigenvalue weighted by atomic mass is 9.99. The van der Waals surface area contributed by atoms with Crippen molar-refractivity contribution >= 4 is 11.9 Å². The highest BCUT2D eigenvalue weighted by molar-refractivity contribution is 5.84. The van der Waals surface area contributed by atoms with Crippen molar-refractivity contribution in [1.29, 1.82) is 5.26 Å². The zero-order chi connectivity index (χ0) is 19.2. The molecule has 0 radical (unpaired) electrons. The molecule has 27 heavy (non-hydrogen) atoms. The predicted octanol–water partition coefficient (Wildman–Crippen LogP) is 2.45. The minimum atomic E-state index is -0.868. The van der Waals surface area contributed by atoms with Crippen LogP contribution in [0.3, 0.4) is 0 Å². The Bertz CT molecular complexity index is 870. The summed E-state index contributed by atoms with van der Waals surface area (Å²) in [6, 6.07) is 16.4. The van der Waals surface area contributed by atoms with Gasteiger partial charge in [0.2, 0.25) is 0 Å². The Morgan fingerprint density at radius 3 is 2.56 bits per heavy atom. The first kappa shape index (κ1) is 18.5. The normalized spacial score (nSPS) is 13.9. The Labute approximate surface area is 157 Å². The van der Waals surface area contributed by atoms with Gasteiger partial charge in [-0.25, -0.2) is 4.79 Å². The number of ether oxygens (including phenoxy) is 2. The largest absolute Gasteiger partial charge is 0.482 e. The van der Waals surface area contributed by atoms with Crippen molar-refractivity contribution in [3.05, 3.63) is 65.2 Å². The third-order valence-electron chi connectivity index (χ3n) is 4.44. The van der Waals surface area contributed by atoms with E-state index in [-0.39, 0.29) is 12.5 Å². The second kappa shape index (κ2) is 8.37. The lowest BCUT2D eigenvalue weighted by Crippen LogP contribution is -2.43. The van der Waals surface area contributed by atoms with E-state index < -0.39 is 12.1 Å². The van der Waals surface area contributed by atoms with Crippen LogP contribution in [0, 0.1) is 11.3 Å². The van der Waals surface area contributed by atoms with Crippen LogP contribution < -0.4 is 4.74 Å². The van der Waals surface area contributed by atoms with Gasteiger partial charge in [-0.05, 0) is 48.7 Å². The molecule has 1 amide bonds. The number of amides is 1. The molecule has 1 atom stereocenters. The van der Waals surface area contributed by atoms with Gasteiger partial charge in [-0.2, -0.15) is 5.26 Å². The highest BCUT2D eigenvalue weighted by Crippen LogP contribution is 2.19. The molecule has 6 heteroatoms. The summed E-state index contributed by atoms with van der Waals surface area (Å²) in [6.07, 6.45) is -0.0722. The van der Waals surface area contributed by atoms with Crippen LogP contribution in [0.15, 0.2) is 48.5 Å². The summed E-state index contributed by atoms with van der Waals surface area (Å²) < 4.78 is 10.5. The van der Waals surface area contributed by atoms with Crippen LogP contribution in [0.25, 0.3) is 0 Å². The molecule has 0 saturated carbocycles. The van der Waals surface area contributed by atoms with Gasteiger partial charge in [0.05, 0.1) is 11.6 Å².